The predicted molar refractivity (Wildman–Crippen MR) is 131 cm³/mol. The molecule has 1 aromatic heterocycles. The van der Waals surface area contributed by atoms with Crippen LogP contribution in [0.2, 0.25) is 0 Å². The lowest BCUT2D eigenvalue weighted by molar-refractivity contribution is -0.123. The molecule has 0 saturated carbocycles. The molecule has 0 radical (unpaired) electrons. The third-order valence-corrected chi connectivity index (χ3v) is 6.00. The van der Waals surface area contributed by atoms with E-state index < -0.39 is 5.97 Å². The van der Waals surface area contributed by atoms with Gasteiger partial charge in [0, 0.05) is 57.8 Å². The van der Waals surface area contributed by atoms with Crippen molar-refractivity contribution in [2.24, 2.45) is 0 Å². The number of carbonyl (C=O) groups excluding carboxylic acids is 2. The zero-order valence-electron chi connectivity index (χ0n) is 19.7. The van der Waals surface area contributed by atoms with Gasteiger partial charge in [-0.2, -0.15) is 0 Å². The maximum atomic E-state index is 12.2. The van der Waals surface area contributed by atoms with Crippen molar-refractivity contribution >= 4 is 28.6 Å². The maximum Gasteiger partial charge on any atom is 0.338 e. The normalized spacial score (nSPS) is 14.4. The fraction of sp³-hybridized carbons (Fsp3) is 0.400. The highest BCUT2D eigenvalue weighted by molar-refractivity contribution is 5.95. The van der Waals surface area contributed by atoms with Gasteiger partial charge in [-0.1, -0.05) is 6.07 Å². The van der Waals surface area contributed by atoms with Gasteiger partial charge >= 0.3 is 5.97 Å². The monoisotopic (exact) mass is 465 g/mol. The fourth-order valence-corrected chi connectivity index (χ4v) is 4.04. The Morgan fingerprint density at radius 1 is 1.06 bits per heavy atom. The second-order valence-corrected chi connectivity index (χ2v) is 8.11. The molecule has 9 heteroatoms. The Morgan fingerprint density at radius 2 is 1.85 bits per heavy atom. The lowest BCUT2D eigenvalue weighted by Crippen LogP contribution is -2.47. The van der Waals surface area contributed by atoms with Gasteiger partial charge in [-0.05, 0) is 43.3 Å². The van der Waals surface area contributed by atoms with Gasteiger partial charge in [0.1, 0.15) is 6.33 Å². The number of nitrogens with one attached hydrogen (secondary N) is 1. The van der Waals surface area contributed by atoms with Crippen molar-refractivity contribution in [1.29, 1.82) is 0 Å². The summed E-state index contributed by atoms with van der Waals surface area (Å²) in [6, 6.07) is 13.6. The molecule has 0 atom stereocenters. The minimum absolute atomic E-state index is 0.310. The van der Waals surface area contributed by atoms with Crippen LogP contribution in [0.5, 0.6) is 0 Å². The van der Waals surface area contributed by atoms with E-state index in [0.29, 0.717) is 11.1 Å². The van der Waals surface area contributed by atoms with Crippen LogP contribution in [0.3, 0.4) is 0 Å². The summed E-state index contributed by atoms with van der Waals surface area (Å²) in [6.07, 6.45) is 1.76. The van der Waals surface area contributed by atoms with Gasteiger partial charge in [0.25, 0.3) is 5.91 Å². The Morgan fingerprint density at radius 3 is 2.62 bits per heavy atom. The summed E-state index contributed by atoms with van der Waals surface area (Å²) in [5.74, 6) is -0.909. The largest absolute Gasteiger partial charge is 0.452 e. The van der Waals surface area contributed by atoms with Crippen molar-refractivity contribution in [1.82, 2.24) is 19.8 Å². The molecule has 0 spiro atoms. The van der Waals surface area contributed by atoms with Crippen molar-refractivity contribution in [3.05, 3.63) is 54.4 Å². The minimum Gasteiger partial charge on any atom is -0.452 e. The highest BCUT2D eigenvalue weighted by Gasteiger charge is 2.18. The Labute approximate surface area is 199 Å². The van der Waals surface area contributed by atoms with E-state index in [-0.39, 0.29) is 12.5 Å². The van der Waals surface area contributed by atoms with Crippen LogP contribution in [-0.2, 0) is 14.3 Å². The highest BCUT2D eigenvalue weighted by atomic mass is 16.5. The first-order chi connectivity index (χ1) is 16.6. The fourth-order valence-electron chi connectivity index (χ4n) is 4.04. The lowest BCUT2D eigenvalue weighted by Gasteiger charge is -2.36. The van der Waals surface area contributed by atoms with Crippen LogP contribution in [0.25, 0.3) is 16.7 Å². The summed E-state index contributed by atoms with van der Waals surface area (Å²) in [6.45, 7) is 8.22. The zero-order valence-corrected chi connectivity index (χ0v) is 19.7. The number of piperazine rings is 1. The number of anilines is 1. The second-order valence-electron chi connectivity index (χ2n) is 8.11. The summed E-state index contributed by atoms with van der Waals surface area (Å²) >= 11 is 0. The molecule has 3 aromatic rings. The van der Waals surface area contributed by atoms with Crippen LogP contribution in [0.1, 0.15) is 17.3 Å². The standard InChI is InChI=1S/C25H31N5O4/c1-3-33-14-13-28-9-11-29(12-10-28)20-5-4-6-21(16-20)30-18-27-22-15-19(7-8-23(22)30)25(32)34-17-24(31)26-2/h4-8,15-16,18H,3,9-14,17H2,1-2H3,(H,26,31). The molecule has 0 aliphatic carbocycles. The van der Waals surface area contributed by atoms with E-state index in [1.807, 2.05) is 17.6 Å². The Kier molecular flexibility index (Phi) is 7.76. The van der Waals surface area contributed by atoms with Crippen LogP contribution < -0.4 is 10.2 Å². The topological polar surface area (TPSA) is 88.9 Å². The molecule has 34 heavy (non-hydrogen) atoms. The van der Waals surface area contributed by atoms with Crippen LogP contribution in [0, 0.1) is 0 Å². The van der Waals surface area contributed by atoms with Gasteiger partial charge in [0.2, 0.25) is 0 Å². The van der Waals surface area contributed by atoms with Crippen molar-refractivity contribution in [3.8, 4) is 5.69 Å². The first-order valence-electron chi connectivity index (χ1n) is 11.6. The Balaban J connectivity index is 1.45. The number of likely N-dealkylation sites (N-methyl/N-ethyl adjacent to an activating group) is 1. The van der Waals surface area contributed by atoms with E-state index in [1.54, 1.807) is 18.5 Å². The number of ether oxygens (including phenoxy) is 2. The van der Waals surface area contributed by atoms with Crippen LogP contribution in [0.15, 0.2) is 48.8 Å². The van der Waals surface area contributed by atoms with Gasteiger partial charge in [0.05, 0.1) is 23.2 Å². The van der Waals surface area contributed by atoms with E-state index in [9.17, 15) is 9.59 Å². The SMILES string of the molecule is CCOCCN1CCN(c2cccc(-n3cnc4cc(C(=O)OCC(=O)NC)ccc43)c2)CC1. The number of fused-ring (bicyclic) bond motifs is 1. The Bertz CT molecular complexity index is 1140. The van der Waals surface area contributed by atoms with E-state index >= 15 is 0 Å². The van der Waals surface area contributed by atoms with Crippen LogP contribution >= 0.6 is 0 Å². The third kappa shape index (κ3) is 5.55. The summed E-state index contributed by atoms with van der Waals surface area (Å²) in [5.41, 5.74) is 4.12. The first kappa shape index (κ1) is 23.7. The van der Waals surface area contributed by atoms with Crippen LogP contribution in [-0.4, -0.2) is 85.9 Å². The summed E-state index contributed by atoms with van der Waals surface area (Å²) < 4.78 is 12.5. The molecule has 0 bridgehead atoms. The molecule has 0 unspecified atom stereocenters. The average molecular weight is 466 g/mol. The molecule has 2 heterocycles. The van der Waals surface area contributed by atoms with Gasteiger partial charge in [0.15, 0.2) is 6.61 Å². The van der Waals surface area contributed by atoms with Gasteiger partial charge in [-0.25, -0.2) is 9.78 Å². The van der Waals surface area contributed by atoms with Crippen molar-refractivity contribution < 1.29 is 19.1 Å². The third-order valence-electron chi connectivity index (χ3n) is 6.00. The highest BCUT2D eigenvalue weighted by Crippen LogP contribution is 2.24. The van der Waals surface area contributed by atoms with Crippen molar-refractivity contribution in [2.75, 3.05) is 64.5 Å². The summed E-state index contributed by atoms with van der Waals surface area (Å²) in [5, 5.41) is 2.42. The number of imidazole rings is 1. The average Bonchev–Trinajstić information content (AvgIpc) is 3.31. The molecular formula is C25H31N5O4. The van der Waals surface area contributed by atoms with E-state index in [0.717, 1.165) is 57.1 Å². The number of amides is 1. The van der Waals surface area contributed by atoms with E-state index in [2.05, 4.69) is 44.4 Å². The number of benzene rings is 2. The number of aromatic nitrogens is 2. The number of esters is 1. The van der Waals surface area contributed by atoms with Gasteiger partial charge in [-0.15, -0.1) is 0 Å². The van der Waals surface area contributed by atoms with Crippen LogP contribution in [0.4, 0.5) is 5.69 Å². The quantitative estimate of drug-likeness (QED) is 0.382. The van der Waals surface area contributed by atoms with Crippen molar-refractivity contribution in [3.63, 3.8) is 0 Å². The number of hydrogen-bond acceptors (Lipinski definition) is 7. The van der Waals surface area contributed by atoms with E-state index in [1.165, 1.54) is 12.7 Å². The maximum absolute atomic E-state index is 12.2. The summed E-state index contributed by atoms with van der Waals surface area (Å²) in [7, 11) is 1.49. The molecule has 1 N–H and O–H groups in total. The lowest BCUT2D eigenvalue weighted by atomic mass is 10.2. The molecule has 1 fully saturated rings. The zero-order chi connectivity index (χ0) is 23.9. The van der Waals surface area contributed by atoms with E-state index in [4.69, 9.17) is 9.47 Å². The molecule has 4 rings (SSSR count). The molecular weight excluding hydrogens is 434 g/mol. The Hall–Kier alpha value is -3.43. The molecule has 1 amide bonds. The minimum atomic E-state index is -0.553. The molecule has 2 aromatic carbocycles. The predicted octanol–water partition coefficient (Wildman–Crippen LogP) is 2.09. The molecule has 1 aliphatic rings. The molecule has 9 nitrogen and oxygen atoms in total. The molecule has 1 saturated heterocycles. The van der Waals surface area contributed by atoms with Crippen molar-refractivity contribution in [2.45, 2.75) is 6.92 Å². The molecule has 180 valence electrons. The number of hydrogen-bond donors (Lipinski definition) is 1. The first-order valence-corrected chi connectivity index (χ1v) is 11.6. The van der Waals surface area contributed by atoms with Gasteiger partial charge in [-0.3, -0.25) is 14.3 Å². The molecule has 1 aliphatic heterocycles. The number of carbonyl (C=O) groups is 2. The second kappa shape index (κ2) is 11.1. The summed E-state index contributed by atoms with van der Waals surface area (Å²) in [4.78, 5) is 32.9. The smallest absolute Gasteiger partial charge is 0.338 e. The number of nitrogens with zero attached hydrogens (tertiary/aromatic N) is 4. The van der Waals surface area contributed by atoms with Gasteiger partial charge < -0.3 is 19.7 Å². The number of rotatable bonds is 9.